The highest BCUT2D eigenvalue weighted by atomic mass is 32.2. The Hall–Kier alpha value is -0.190. The predicted octanol–water partition coefficient (Wildman–Crippen LogP) is 1.71. The van der Waals surface area contributed by atoms with Crippen LogP contribution in [0.1, 0.15) is 13.3 Å². The van der Waals surface area contributed by atoms with E-state index in [1.165, 1.54) is 7.11 Å². The monoisotopic (exact) mass is 255 g/mol. The zero-order valence-corrected chi connectivity index (χ0v) is 10.9. The second-order valence-corrected chi connectivity index (χ2v) is 6.76. The van der Waals surface area contributed by atoms with Crippen molar-refractivity contribution in [2.24, 2.45) is 0 Å². The van der Waals surface area contributed by atoms with Gasteiger partial charge in [-0.25, -0.2) is 4.79 Å². The minimum Gasteiger partial charge on any atom is -0.453 e. The topological polar surface area (TPSA) is 75.6 Å². The summed E-state index contributed by atoms with van der Waals surface area (Å²) in [6, 6.07) is 0. The van der Waals surface area contributed by atoms with Crippen molar-refractivity contribution in [2.45, 2.75) is 19.1 Å². The Bertz CT molecular complexity index is 249. The fraction of sp³-hybridized carbons (Fsp3) is 0.875. The van der Waals surface area contributed by atoms with E-state index in [0.29, 0.717) is 6.42 Å². The molecule has 0 fully saturated rings. The molecule has 0 aliphatic rings. The zero-order valence-electron chi connectivity index (χ0n) is 9.23. The minimum absolute atomic E-state index is 0.149. The molecule has 90 valence electrons. The molecule has 0 rings (SSSR count). The average molecular weight is 255 g/mol. The van der Waals surface area contributed by atoms with E-state index >= 15 is 0 Å². The number of carbonyl (C=O) groups excluding carboxylic acids is 1. The highest BCUT2D eigenvalue weighted by Crippen LogP contribution is 2.46. The molecule has 0 aromatic carbocycles. The maximum absolute atomic E-state index is 11.7. The third-order valence-electron chi connectivity index (χ3n) is 2.01. The van der Waals surface area contributed by atoms with Crippen LogP contribution in [-0.4, -0.2) is 42.0 Å². The third-order valence-corrected chi connectivity index (χ3v) is 4.92. The summed E-state index contributed by atoms with van der Waals surface area (Å²) < 4.78 is 16.1. The molecule has 0 heterocycles. The van der Waals surface area contributed by atoms with Gasteiger partial charge in [0.05, 0.1) is 7.11 Å². The van der Waals surface area contributed by atoms with Crippen LogP contribution in [0.15, 0.2) is 0 Å². The Kier molecular flexibility index (Phi) is 7.05. The smallest absolute Gasteiger partial charge is 0.407 e. The van der Waals surface area contributed by atoms with Crippen LogP contribution in [0.3, 0.4) is 0 Å². The summed E-state index contributed by atoms with van der Waals surface area (Å²) in [5.41, 5.74) is 0. The van der Waals surface area contributed by atoms with Crippen LogP contribution in [0.5, 0.6) is 0 Å². The molecule has 0 saturated heterocycles. The molecular formula is C8H18NO4PS. The molecule has 2 N–H and O–H groups in total. The van der Waals surface area contributed by atoms with Crippen LogP contribution in [0.2, 0.25) is 0 Å². The lowest BCUT2D eigenvalue weighted by molar-refractivity contribution is 0.169. The largest absolute Gasteiger partial charge is 0.453 e. The van der Waals surface area contributed by atoms with Crippen molar-refractivity contribution < 1.29 is 19.0 Å². The van der Waals surface area contributed by atoms with Crippen LogP contribution in [-0.2, 0) is 9.30 Å². The van der Waals surface area contributed by atoms with Crippen molar-refractivity contribution in [1.82, 2.24) is 5.32 Å². The number of alkyl carbamates (subject to hydrolysis) is 1. The highest BCUT2D eigenvalue weighted by Gasteiger charge is 2.30. The van der Waals surface area contributed by atoms with Gasteiger partial charge in [-0.2, -0.15) is 11.8 Å². The van der Waals surface area contributed by atoms with Gasteiger partial charge in [0.25, 0.3) is 0 Å². The number of hydrogen-bond acceptors (Lipinski definition) is 4. The molecule has 1 amide bonds. The van der Waals surface area contributed by atoms with Crippen LogP contribution in [0.25, 0.3) is 0 Å². The molecule has 0 bridgehead atoms. The fourth-order valence-electron chi connectivity index (χ4n) is 1.02. The summed E-state index contributed by atoms with van der Waals surface area (Å²) in [6.45, 7) is 1.63. The first-order valence-corrected chi connectivity index (χ1v) is 7.93. The van der Waals surface area contributed by atoms with Crippen LogP contribution in [0.4, 0.5) is 4.79 Å². The Morgan fingerprint density at radius 3 is 2.67 bits per heavy atom. The lowest BCUT2D eigenvalue weighted by Crippen LogP contribution is -2.35. The number of amides is 1. The Labute approximate surface area is 94.4 Å². The standard InChI is InChI=1S/C8H18NO4PS/c1-4-14(11,12)7(5-6-15-3)9-8(10)13-2/h7H,4-6H2,1-3H3,(H,9,10)(H,11,12). The number of ether oxygens (including phenoxy) is 1. The van der Waals surface area contributed by atoms with Crippen LogP contribution >= 0.6 is 19.1 Å². The van der Waals surface area contributed by atoms with E-state index in [0.717, 1.165) is 5.75 Å². The minimum atomic E-state index is -3.31. The van der Waals surface area contributed by atoms with E-state index in [1.807, 2.05) is 6.26 Å². The molecule has 5 nitrogen and oxygen atoms in total. The third kappa shape index (κ3) is 5.44. The van der Waals surface area contributed by atoms with Crippen LogP contribution in [0, 0.1) is 0 Å². The number of methoxy groups -OCH3 is 1. The van der Waals surface area contributed by atoms with Gasteiger partial charge in [0.2, 0.25) is 7.37 Å². The molecule has 0 aliphatic heterocycles. The van der Waals surface area contributed by atoms with Gasteiger partial charge in [0.15, 0.2) is 0 Å². The van der Waals surface area contributed by atoms with Crippen molar-refractivity contribution in [3.05, 3.63) is 0 Å². The maximum atomic E-state index is 11.7. The van der Waals surface area contributed by atoms with Gasteiger partial charge >= 0.3 is 6.09 Å². The van der Waals surface area contributed by atoms with E-state index in [2.05, 4.69) is 10.1 Å². The second kappa shape index (κ2) is 7.14. The number of thioether (sulfide) groups is 1. The van der Waals surface area contributed by atoms with Gasteiger partial charge < -0.3 is 14.9 Å². The summed E-state index contributed by atoms with van der Waals surface area (Å²) in [6.07, 6.45) is 1.86. The molecule has 0 aromatic heterocycles. The van der Waals surface area contributed by atoms with Gasteiger partial charge in [0.1, 0.15) is 5.78 Å². The zero-order chi connectivity index (χ0) is 11.9. The molecule has 2 atom stereocenters. The van der Waals surface area contributed by atoms with E-state index in [4.69, 9.17) is 0 Å². The SMILES string of the molecule is CCP(=O)(O)C(CCSC)NC(=O)OC. The number of hydrogen-bond donors (Lipinski definition) is 2. The lowest BCUT2D eigenvalue weighted by atomic mass is 10.5. The molecule has 0 saturated carbocycles. The molecule has 0 spiro atoms. The van der Waals surface area contributed by atoms with Gasteiger partial charge in [-0.1, -0.05) is 6.92 Å². The first kappa shape index (κ1) is 14.8. The maximum Gasteiger partial charge on any atom is 0.407 e. The molecule has 2 unspecified atom stereocenters. The molecule has 15 heavy (non-hydrogen) atoms. The highest BCUT2D eigenvalue weighted by molar-refractivity contribution is 7.98. The van der Waals surface area contributed by atoms with Crippen molar-refractivity contribution in [3.8, 4) is 0 Å². The predicted molar refractivity (Wildman–Crippen MR) is 62.7 cm³/mol. The van der Waals surface area contributed by atoms with Crippen molar-refractivity contribution in [3.63, 3.8) is 0 Å². The number of rotatable bonds is 6. The molecule has 7 heteroatoms. The lowest BCUT2D eigenvalue weighted by Gasteiger charge is -2.22. The first-order chi connectivity index (χ1) is 6.97. The molecule has 0 radical (unpaired) electrons. The first-order valence-electron chi connectivity index (χ1n) is 4.62. The summed E-state index contributed by atoms with van der Waals surface area (Å²) in [7, 11) is -2.07. The molecule has 0 aliphatic carbocycles. The average Bonchev–Trinajstić information content (AvgIpc) is 2.23. The van der Waals surface area contributed by atoms with Gasteiger partial charge in [0, 0.05) is 6.16 Å². The number of nitrogens with one attached hydrogen (secondary N) is 1. The van der Waals surface area contributed by atoms with Gasteiger partial charge in [-0.05, 0) is 18.4 Å². The van der Waals surface area contributed by atoms with Crippen molar-refractivity contribution in [2.75, 3.05) is 25.3 Å². The summed E-state index contributed by atoms with van der Waals surface area (Å²) in [4.78, 5) is 20.6. The van der Waals surface area contributed by atoms with Gasteiger partial charge in [-0.3, -0.25) is 4.57 Å². The summed E-state index contributed by atoms with van der Waals surface area (Å²) >= 11 is 1.57. The van der Waals surface area contributed by atoms with E-state index < -0.39 is 19.2 Å². The second-order valence-electron chi connectivity index (χ2n) is 3.01. The Balaban J connectivity index is 4.43. The molecular weight excluding hydrogens is 237 g/mol. The Morgan fingerprint density at radius 1 is 1.67 bits per heavy atom. The van der Waals surface area contributed by atoms with E-state index in [-0.39, 0.29) is 6.16 Å². The van der Waals surface area contributed by atoms with Crippen molar-refractivity contribution >= 4 is 25.2 Å². The number of carbonyl (C=O) groups is 1. The van der Waals surface area contributed by atoms with Crippen molar-refractivity contribution in [1.29, 1.82) is 0 Å². The van der Waals surface area contributed by atoms with Crippen LogP contribution < -0.4 is 5.32 Å². The normalized spacial score (nSPS) is 16.5. The summed E-state index contributed by atoms with van der Waals surface area (Å²) in [5.74, 6) is 0.0153. The van der Waals surface area contributed by atoms with E-state index in [9.17, 15) is 14.3 Å². The molecule has 0 aromatic rings. The summed E-state index contributed by atoms with van der Waals surface area (Å²) in [5, 5.41) is 2.41. The fourth-order valence-corrected chi connectivity index (χ4v) is 2.95. The Morgan fingerprint density at radius 2 is 2.27 bits per heavy atom. The van der Waals surface area contributed by atoms with E-state index in [1.54, 1.807) is 18.7 Å². The van der Waals surface area contributed by atoms with Gasteiger partial charge in [-0.15, -0.1) is 0 Å². The quantitative estimate of drug-likeness (QED) is 0.707.